The minimum Gasteiger partial charge on any atom is -0.364 e. The standard InChI is InChI=1S/C17H12ClF3N4O3S/c18-13-6-1-10(17(19,20)21)9-15(13)29(27,28)24-11-2-4-12(5-3-11)25-8-7-14(23-25)16(22)26/h1-9,24H,(H2,22,26). The molecule has 152 valence electrons. The van der Waals surface area contributed by atoms with Crippen LogP contribution in [0.1, 0.15) is 16.1 Å². The Morgan fingerprint density at radius 1 is 1.10 bits per heavy atom. The number of anilines is 1. The molecule has 0 aliphatic carbocycles. The summed E-state index contributed by atoms with van der Waals surface area (Å²) < 4.78 is 67.2. The molecule has 0 spiro atoms. The monoisotopic (exact) mass is 444 g/mol. The molecule has 3 rings (SSSR count). The second kappa shape index (κ2) is 7.41. The fourth-order valence-electron chi connectivity index (χ4n) is 2.38. The summed E-state index contributed by atoms with van der Waals surface area (Å²) in [6, 6.07) is 9.17. The zero-order chi connectivity index (χ0) is 21.4. The third kappa shape index (κ3) is 4.51. The molecule has 29 heavy (non-hydrogen) atoms. The molecule has 0 fully saturated rings. The molecule has 0 unspecified atom stereocenters. The number of carbonyl (C=O) groups is 1. The zero-order valence-corrected chi connectivity index (χ0v) is 15.9. The lowest BCUT2D eigenvalue weighted by atomic mass is 10.2. The quantitative estimate of drug-likeness (QED) is 0.628. The Morgan fingerprint density at radius 2 is 1.76 bits per heavy atom. The summed E-state index contributed by atoms with van der Waals surface area (Å²) in [7, 11) is -4.38. The van der Waals surface area contributed by atoms with E-state index in [0.29, 0.717) is 17.8 Å². The van der Waals surface area contributed by atoms with Crippen molar-refractivity contribution >= 4 is 33.2 Å². The van der Waals surface area contributed by atoms with Crippen LogP contribution in [0.15, 0.2) is 59.6 Å². The number of carbonyl (C=O) groups excluding carboxylic acids is 1. The van der Waals surface area contributed by atoms with Crippen molar-refractivity contribution in [1.82, 2.24) is 9.78 Å². The van der Waals surface area contributed by atoms with E-state index in [9.17, 15) is 26.4 Å². The van der Waals surface area contributed by atoms with E-state index in [1.54, 1.807) is 0 Å². The Labute approximate surface area is 167 Å². The van der Waals surface area contributed by atoms with E-state index in [0.717, 1.165) is 6.07 Å². The molecule has 0 radical (unpaired) electrons. The summed E-state index contributed by atoms with van der Waals surface area (Å²) in [6.45, 7) is 0. The van der Waals surface area contributed by atoms with Gasteiger partial charge in [-0.1, -0.05) is 11.6 Å². The summed E-state index contributed by atoms with van der Waals surface area (Å²) in [4.78, 5) is 10.4. The van der Waals surface area contributed by atoms with Crippen molar-refractivity contribution < 1.29 is 26.4 Å². The first-order valence-electron chi connectivity index (χ1n) is 7.83. The van der Waals surface area contributed by atoms with Gasteiger partial charge in [0.1, 0.15) is 10.6 Å². The lowest BCUT2D eigenvalue weighted by Gasteiger charge is -2.13. The maximum atomic E-state index is 12.9. The van der Waals surface area contributed by atoms with Crippen LogP contribution in [0.3, 0.4) is 0 Å². The van der Waals surface area contributed by atoms with Crippen molar-refractivity contribution in [1.29, 1.82) is 0 Å². The van der Waals surface area contributed by atoms with Gasteiger partial charge in [0.15, 0.2) is 0 Å². The number of rotatable bonds is 5. The van der Waals surface area contributed by atoms with E-state index >= 15 is 0 Å². The SMILES string of the molecule is NC(=O)c1ccn(-c2ccc(NS(=O)(=O)c3cc(C(F)(F)F)ccc3Cl)cc2)n1. The summed E-state index contributed by atoms with van der Waals surface area (Å²) in [6.07, 6.45) is -3.23. The maximum absolute atomic E-state index is 12.9. The van der Waals surface area contributed by atoms with Gasteiger partial charge in [-0.05, 0) is 48.5 Å². The van der Waals surface area contributed by atoms with Gasteiger partial charge in [0.2, 0.25) is 0 Å². The average Bonchev–Trinajstić information content (AvgIpc) is 3.11. The molecule has 0 bridgehead atoms. The van der Waals surface area contributed by atoms with Crippen molar-refractivity contribution in [2.24, 2.45) is 5.73 Å². The van der Waals surface area contributed by atoms with Gasteiger partial charge >= 0.3 is 6.18 Å². The molecule has 0 aliphatic heterocycles. The van der Waals surface area contributed by atoms with Crippen LogP contribution in [0.2, 0.25) is 5.02 Å². The third-order valence-corrected chi connectivity index (χ3v) is 5.64. The summed E-state index contributed by atoms with van der Waals surface area (Å²) in [5.41, 5.74) is 4.63. The normalized spacial score (nSPS) is 12.0. The molecule has 0 saturated carbocycles. The molecule has 0 aliphatic rings. The van der Waals surface area contributed by atoms with Crippen molar-refractivity contribution in [2.45, 2.75) is 11.1 Å². The number of halogens is 4. The van der Waals surface area contributed by atoms with Crippen molar-refractivity contribution in [3.05, 3.63) is 71.0 Å². The van der Waals surface area contributed by atoms with Crippen LogP contribution < -0.4 is 10.5 Å². The number of nitrogens with one attached hydrogen (secondary N) is 1. The lowest BCUT2D eigenvalue weighted by molar-refractivity contribution is -0.137. The van der Waals surface area contributed by atoms with Gasteiger partial charge in [0, 0.05) is 11.9 Å². The van der Waals surface area contributed by atoms with Crippen LogP contribution in [-0.4, -0.2) is 24.1 Å². The number of hydrogen-bond acceptors (Lipinski definition) is 4. The molecule has 2 aromatic carbocycles. The first kappa shape index (κ1) is 20.7. The Hall–Kier alpha value is -3.05. The molecule has 3 N–H and O–H groups in total. The Morgan fingerprint density at radius 3 is 2.31 bits per heavy atom. The first-order chi connectivity index (χ1) is 13.5. The highest BCUT2D eigenvalue weighted by atomic mass is 35.5. The largest absolute Gasteiger partial charge is 0.416 e. The summed E-state index contributed by atoms with van der Waals surface area (Å²) in [5, 5.41) is 3.61. The van der Waals surface area contributed by atoms with Gasteiger partial charge in [-0.15, -0.1) is 0 Å². The molecular weight excluding hydrogens is 433 g/mol. The topological polar surface area (TPSA) is 107 Å². The lowest BCUT2D eigenvalue weighted by Crippen LogP contribution is -2.15. The summed E-state index contributed by atoms with van der Waals surface area (Å²) in [5.74, 6) is -0.703. The maximum Gasteiger partial charge on any atom is 0.416 e. The van der Waals surface area contributed by atoms with Crippen LogP contribution in [0, 0.1) is 0 Å². The number of sulfonamides is 1. The number of benzene rings is 2. The van der Waals surface area contributed by atoms with Gasteiger partial charge in [-0.3, -0.25) is 9.52 Å². The van der Waals surface area contributed by atoms with Crippen molar-refractivity contribution in [3.8, 4) is 5.69 Å². The number of nitrogens with two attached hydrogens (primary N) is 1. The number of nitrogens with zero attached hydrogens (tertiary/aromatic N) is 2. The molecular formula is C17H12ClF3N4O3S. The van der Waals surface area contributed by atoms with E-state index in [1.807, 2.05) is 0 Å². The molecule has 3 aromatic rings. The highest BCUT2D eigenvalue weighted by Crippen LogP contribution is 2.34. The van der Waals surface area contributed by atoms with Crippen LogP contribution in [0.5, 0.6) is 0 Å². The van der Waals surface area contributed by atoms with E-state index in [-0.39, 0.29) is 16.4 Å². The number of aromatic nitrogens is 2. The number of hydrogen-bond donors (Lipinski definition) is 2. The predicted octanol–water partition coefficient (Wildman–Crippen LogP) is 3.44. The highest BCUT2D eigenvalue weighted by Gasteiger charge is 2.32. The van der Waals surface area contributed by atoms with Gasteiger partial charge < -0.3 is 5.73 Å². The van der Waals surface area contributed by atoms with E-state index in [1.165, 1.54) is 41.2 Å². The van der Waals surface area contributed by atoms with Crippen LogP contribution >= 0.6 is 11.6 Å². The van der Waals surface area contributed by atoms with Crippen LogP contribution in [0.4, 0.5) is 18.9 Å². The molecule has 0 atom stereocenters. The smallest absolute Gasteiger partial charge is 0.364 e. The van der Waals surface area contributed by atoms with Crippen molar-refractivity contribution in [3.63, 3.8) is 0 Å². The minimum absolute atomic E-state index is 0.0500. The predicted molar refractivity (Wildman–Crippen MR) is 99.3 cm³/mol. The fourth-order valence-corrected chi connectivity index (χ4v) is 3.96. The molecule has 1 amide bonds. The fraction of sp³-hybridized carbons (Fsp3) is 0.0588. The first-order valence-corrected chi connectivity index (χ1v) is 9.69. The molecule has 1 heterocycles. The third-order valence-electron chi connectivity index (χ3n) is 3.77. The van der Waals surface area contributed by atoms with E-state index in [4.69, 9.17) is 17.3 Å². The summed E-state index contributed by atoms with van der Waals surface area (Å²) >= 11 is 5.79. The number of amides is 1. The second-order valence-electron chi connectivity index (χ2n) is 5.81. The average molecular weight is 445 g/mol. The van der Waals surface area contributed by atoms with Gasteiger partial charge in [0.05, 0.1) is 16.3 Å². The highest BCUT2D eigenvalue weighted by molar-refractivity contribution is 7.92. The Balaban J connectivity index is 1.86. The van der Waals surface area contributed by atoms with Gasteiger partial charge in [-0.25, -0.2) is 13.1 Å². The minimum atomic E-state index is -4.72. The molecule has 1 aromatic heterocycles. The molecule has 0 saturated heterocycles. The van der Waals surface area contributed by atoms with Gasteiger partial charge in [0.25, 0.3) is 15.9 Å². The van der Waals surface area contributed by atoms with Crippen LogP contribution in [0.25, 0.3) is 5.69 Å². The van der Waals surface area contributed by atoms with Gasteiger partial charge in [-0.2, -0.15) is 18.3 Å². The second-order valence-corrected chi connectivity index (χ2v) is 7.86. The Kier molecular flexibility index (Phi) is 5.28. The van der Waals surface area contributed by atoms with E-state index < -0.39 is 32.6 Å². The number of primary amides is 1. The number of alkyl halides is 3. The van der Waals surface area contributed by atoms with Crippen molar-refractivity contribution in [2.75, 3.05) is 4.72 Å². The van der Waals surface area contributed by atoms with E-state index in [2.05, 4.69) is 9.82 Å². The molecule has 12 heteroatoms. The molecule has 7 nitrogen and oxygen atoms in total. The Bertz CT molecular complexity index is 1180. The van der Waals surface area contributed by atoms with Crippen LogP contribution in [-0.2, 0) is 16.2 Å². The zero-order valence-electron chi connectivity index (χ0n) is 14.3.